The average Bonchev–Trinajstić information content (AvgIpc) is 2.29. The highest BCUT2D eigenvalue weighted by molar-refractivity contribution is 7.98. The summed E-state index contributed by atoms with van der Waals surface area (Å²) in [5.41, 5.74) is -4.14. The van der Waals surface area contributed by atoms with Crippen LogP contribution < -0.4 is 0 Å². The van der Waals surface area contributed by atoms with E-state index < -0.39 is 56.4 Å². The Morgan fingerprint density at radius 2 is 1.28 bits per heavy atom. The molecule has 0 spiro atoms. The van der Waals surface area contributed by atoms with Crippen LogP contribution in [0.1, 0.15) is 48.5 Å². The molecule has 0 fully saturated rings. The number of nitrogens with zero attached hydrogens (tertiary/aromatic N) is 1. The lowest BCUT2D eigenvalue weighted by molar-refractivity contribution is -0.183. The van der Waals surface area contributed by atoms with Crippen molar-refractivity contribution in [1.82, 2.24) is 3.71 Å². The van der Waals surface area contributed by atoms with Crippen LogP contribution in [0.15, 0.2) is 0 Å². The number of sulfonamides is 1. The minimum atomic E-state index is -4.25. The van der Waals surface area contributed by atoms with Crippen molar-refractivity contribution in [2.75, 3.05) is 12.8 Å². The molecule has 0 heterocycles. The topological polar surface area (TPSA) is 130 Å². The summed E-state index contributed by atoms with van der Waals surface area (Å²) in [7, 11) is -4.25. The van der Waals surface area contributed by atoms with Crippen molar-refractivity contribution < 1.29 is 36.2 Å². The highest BCUT2D eigenvalue weighted by Crippen LogP contribution is 2.29. The summed E-state index contributed by atoms with van der Waals surface area (Å²) in [6, 6.07) is 0. The molecule has 0 aromatic carbocycles. The molecule has 0 aromatic rings. The van der Waals surface area contributed by atoms with Crippen molar-refractivity contribution in [3.63, 3.8) is 0 Å². The van der Waals surface area contributed by atoms with Gasteiger partial charge in [0.1, 0.15) is 11.2 Å². The summed E-state index contributed by atoms with van der Waals surface area (Å²) in [6.45, 7) is 9.45. The maximum absolute atomic E-state index is 12.5. The van der Waals surface area contributed by atoms with Gasteiger partial charge in [0, 0.05) is 11.3 Å². The van der Waals surface area contributed by atoms with Gasteiger partial charge in [-0.2, -0.15) is 0 Å². The summed E-state index contributed by atoms with van der Waals surface area (Å²) in [4.78, 5) is 25.1. The highest BCUT2D eigenvalue weighted by Gasteiger charge is 2.50. The van der Waals surface area contributed by atoms with Crippen LogP contribution in [0.4, 0.5) is 0 Å². The van der Waals surface area contributed by atoms with Crippen LogP contribution in [0.3, 0.4) is 0 Å². The zero-order chi connectivity index (χ0) is 20.4. The van der Waals surface area contributed by atoms with Crippen molar-refractivity contribution in [2.24, 2.45) is 5.41 Å². The maximum atomic E-state index is 12.5. The van der Waals surface area contributed by atoms with Gasteiger partial charge in [-0.25, -0.2) is 8.42 Å². The fraction of sp³-hybridized carbons (Fsp3) is 0.857. The monoisotopic (exact) mass is 400 g/mol. The molecule has 0 saturated carbocycles. The molecule has 0 aliphatic carbocycles. The van der Waals surface area contributed by atoms with Gasteiger partial charge in [-0.15, -0.1) is 3.71 Å². The Bertz CT molecular complexity index is 615. The van der Waals surface area contributed by atoms with Crippen LogP contribution in [-0.2, 0) is 40.4 Å². The van der Waals surface area contributed by atoms with E-state index in [0.29, 0.717) is 6.26 Å². The largest absolute Gasteiger partial charge is 0.759 e. The summed E-state index contributed by atoms with van der Waals surface area (Å²) in [6.07, 6.45) is 0.646. The number of carbonyl (C=O) groups is 2. The third kappa shape index (κ3) is 7.80. The van der Waals surface area contributed by atoms with Gasteiger partial charge in [-0.1, -0.05) is 0 Å². The lowest BCUT2D eigenvalue weighted by Gasteiger charge is -2.35. The smallest absolute Gasteiger partial charge is 0.325 e. The Balaban J connectivity index is 6.02. The predicted octanol–water partition coefficient (Wildman–Crippen LogP) is 0.732. The molecule has 0 rings (SSSR count). The van der Waals surface area contributed by atoms with Crippen molar-refractivity contribution >= 4 is 33.2 Å². The number of ether oxygens (including phenoxy) is 2. The van der Waals surface area contributed by atoms with Crippen LogP contribution >= 0.6 is 0 Å². The minimum Gasteiger partial charge on any atom is -0.759 e. The maximum Gasteiger partial charge on any atom is 0.325 e. The summed E-state index contributed by atoms with van der Waals surface area (Å²) in [5, 5.41) is 0. The Kier molecular flexibility index (Phi) is 7.36. The van der Waals surface area contributed by atoms with Gasteiger partial charge in [-0.05, 0) is 48.5 Å². The molecular formula is C14H26NO8S2-. The molecule has 148 valence electrons. The second-order valence-electron chi connectivity index (χ2n) is 7.78. The van der Waals surface area contributed by atoms with Crippen LogP contribution in [0, 0.1) is 5.41 Å². The normalized spacial score (nSPS) is 15.0. The van der Waals surface area contributed by atoms with Gasteiger partial charge in [0.15, 0.2) is 5.41 Å². The van der Waals surface area contributed by atoms with Crippen molar-refractivity contribution in [3.8, 4) is 0 Å². The lowest BCUT2D eigenvalue weighted by Crippen LogP contribution is -2.52. The molecule has 1 atom stereocenters. The first kappa shape index (κ1) is 24.0. The second-order valence-corrected chi connectivity index (χ2v) is 10.8. The van der Waals surface area contributed by atoms with E-state index in [0.717, 1.165) is 6.92 Å². The second kappa shape index (κ2) is 7.68. The van der Waals surface area contributed by atoms with Crippen molar-refractivity contribution in [1.29, 1.82) is 0 Å². The van der Waals surface area contributed by atoms with E-state index in [4.69, 9.17) is 9.47 Å². The van der Waals surface area contributed by atoms with Gasteiger partial charge in [-0.3, -0.25) is 13.8 Å². The van der Waals surface area contributed by atoms with Gasteiger partial charge in [0.25, 0.3) is 0 Å². The number of hydrogen-bond acceptors (Lipinski definition) is 8. The zero-order valence-electron chi connectivity index (χ0n) is 15.7. The van der Waals surface area contributed by atoms with E-state index in [1.807, 2.05) is 0 Å². The van der Waals surface area contributed by atoms with E-state index in [1.165, 1.54) is 0 Å². The predicted molar refractivity (Wildman–Crippen MR) is 90.3 cm³/mol. The SMILES string of the molecule is CC(C)(C)OC(=O)C(C)(CN(S(=O)[O-])S(C)(=O)=O)C(=O)OC(C)(C)C. The quantitative estimate of drug-likeness (QED) is 0.362. The molecule has 1 unspecified atom stereocenters. The fourth-order valence-electron chi connectivity index (χ4n) is 1.53. The number of rotatable bonds is 6. The standard InChI is InChI=1S/C14H27NO8S2/c1-12(2,3)22-10(16)14(7,11(17)23-13(4,5)6)9-15(24(18)19)25(8,20)21/h9H2,1-8H3,(H,18,19)/p-1. The highest BCUT2D eigenvalue weighted by atomic mass is 32.3. The summed E-state index contributed by atoms with van der Waals surface area (Å²) in [5.74, 6) is -2.18. The number of carbonyl (C=O) groups excluding carboxylic acids is 2. The van der Waals surface area contributed by atoms with Crippen LogP contribution in [0.2, 0.25) is 0 Å². The van der Waals surface area contributed by atoms with E-state index in [1.54, 1.807) is 41.5 Å². The number of hydrogen-bond donors (Lipinski definition) is 0. The summed E-state index contributed by atoms with van der Waals surface area (Å²) >= 11 is -3.22. The van der Waals surface area contributed by atoms with Crippen molar-refractivity contribution in [3.05, 3.63) is 0 Å². The van der Waals surface area contributed by atoms with E-state index >= 15 is 0 Å². The third-order valence-corrected chi connectivity index (χ3v) is 5.19. The molecule has 0 saturated heterocycles. The van der Waals surface area contributed by atoms with Gasteiger partial charge >= 0.3 is 11.9 Å². The third-order valence-electron chi connectivity index (χ3n) is 2.68. The summed E-state index contributed by atoms with van der Waals surface area (Å²) < 4.78 is 56.3. The molecule has 0 aromatic heterocycles. The van der Waals surface area contributed by atoms with Gasteiger partial charge < -0.3 is 14.0 Å². The molecular weight excluding hydrogens is 374 g/mol. The molecule has 0 radical (unpaired) electrons. The molecule has 0 bridgehead atoms. The molecule has 0 amide bonds. The average molecular weight is 400 g/mol. The molecule has 0 aliphatic heterocycles. The van der Waals surface area contributed by atoms with Crippen LogP contribution in [-0.4, -0.2) is 56.8 Å². The van der Waals surface area contributed by atoms with E-state index in [-0.39, 0.29) is 3.71 Å². The van der Waals surface area contributed by atoms with Crippen LogP contribution in [0.5, 0.6) is 0 Å². The zero-order valence-corrected chi connectivity index (χ0v) is 17.4. The lowest BCUT2D eigenvalue weighted by atomic mass is 9.90. The van der Waals surface area contributed by atoms with E-state index in [9.17, 15) is 26.8 Å². The Morgan fingerprint density at radius 1 is 0.960 bits per heavy atom. The Hall–Kier alpha value is -1.04. The van der Waals surface area contributed by atoms with Gasteiger partial charge in [0.2, 0.25) is 10.0 Å². The molecule has 11 heteroatoms. The number of esters is 2. The minimum absolute atomic E-state index is 0.0147. The first-order chi connectivity index (χ1) is 10.8. The Morgan fingerprint density at radius 3 is 1.48 bits per heavy atom. The molecule has 0 N–H and O–H groups in total. The Labute approximate surface area is 151 Å². The molecule has 9 nitrogen and oxygen atoms in total. The van der Waals surface area contributed by atoms with Crippen LogP contribution in [0.25, 0.3) is 0 Å². The fourth-order valence-corrected chi connectivity index (χ4v) is 3.27. The van der Waals surface area contributed by atoms with Crippen molar-refractivity contribution in [2.45, 2.75) is 59.7 Å². The first-order valence-corrected chi connectivity index (χ1v) is 10.2. The van der Waals surface area contributed by atoms with E-state index in [2.05, 4.69) is 0 Å². The molecule has 25 heavy (non-hydrogen) atoms. The van der Waals surface area contributed by atoms with Gasteiger partial charge in [0.05, 0.1) is 12.8 Å². The first-order valence-electron chi connectivity index (χ1n) is 7.33. The molecule has 0 aliphatic rings.